The van der Waals surface area contributed by atoms with Gasteiger partial charge in [-0.3, -0.25) is 4.79 Å². The molecular formula is C11H9FN4O3. The van der Waals surface area contributed by atoms with Crippen LogP contribution in [-0.4, -0.2) is 21.0 Å². The number of H-pyrrole nitrogens is 1. The first kappa shape index (κ1) is 12.6. The highest BCUT2D eigenvalue weighted by Gasteiger charge is 2.11. The molecule has 2 aromatic rings. The van der Waals surface area contributed by atoms with E-state index in [0.29, 0.717) is 0 Å². The lowest BCUT2D eigenvalue weighted by Crippen LogP contribution is -2.14. The molecule has 5 N–H and O–H groups in total. The Hall–Kier alpha value is -2.90. The number of carbonyl (C=O) groups is 1. The molecule has 0 saturated heterocycles. The average molecular weight is 264 g/mol. The van der Waals surface area contributed by atoms with E-state index in [9.17, 15) is 14.0 Å². The Morgan fingerprint density at radius 2 is 2.21 bits per heavy atom. The van der Waals surface area contributed by atoms with E-state index in [-0.39, 0.29) is 17.2 Å². The van der Waals surface area contributed by atoms with Gasteiger partial charge in [0.15, 0.2) is 5.82 Å². The van der Waals surface area contributed by atoms with Crippen LogP contribution in [0.3, 0.4) is 0 Å². The molecule has 98 valence electrons. The third-order valence-corrected chi connectivity index (χ3v) is 2.35. The standard InChI is InChI=1S/C11H9FN4O3/c12-7-3-5(1-2-6(7)11(18)19)16-9-8(13)10(17)15-4-14-9/h1-4H,13H2,(H,18,19)(H2,14,15,16,17). The van der Waals surface area contributed by atoms with E-state index in [4.69, 9.17) is 10.8 Å². The monoisotopic (exact) mass is 264 g/mol. The molecule has 0 aliphatic carbocycles. The molecular weight excluding hydrogens is 255 g/mol. The van der Waals surface area contributed by atoms with Crippen LogP contribution >= 0.6 is 0 Å². The molecule has 1 aromatic carbocycles. The minimum absolute atomic E-state index is 0.0613. The van der Waals surface area contributed by atoms with Crippen molar-refractivity contribution < 1.29 is 14.3 Å². The second-order valence-corrected chi connectivity index (χ2v) is 3.62. The topological polar surface area (TPSA) is 121 Å². The van der Waals surface area contributed by atoms with Gasteiger partial charge in [-0.1, -0.05) is 0 Å². The third-order valence-electron chi connectivity index (χ3n) is 2.35. The summed E-state index contributed by atoms with van der Waals surface area (Å²) in [6, 6.07) is 3.42. The Bertz CT molecular complexity index is 699. The van der Waals surface area contributed by atoms with Crippen LogP contribution in [0, 0.1) is 5.82 Å². The van der Waals surface area contributed by atoms with Gasteiger partial charge in [0.05, 0.1) is 11.9 Å². The number of halogens is 1. The molecule has 1 heterocycles. The molecule has 0 aliphatic heterocycles. The van der Waals surface area contributed by atoms with Crippen LogP contribution in [-0.2, 0) is 0 Å². The van der Waals surface area contributed by atoms with Gasteiger partial charge >= 0.3 is 5.97 Å². The fourth-order valence-electron chi connectivity index (χ4n) is 1.41. The van der Waals surface area contributed by atoms with Gasteiger partial charge in [0.2, 0.25) is 0 Å². The normalized spacial score (nSPS) is 10.2. The van der Waals surface area contributed by atoms with Gasteiger partial charge in [0, 0.05) is 5.69 Å². The molecule has 0 bridgehead atoms. The van der Waals surface area contributed by atoms with Crippen molar-refractivity contribution in [3.05, 3.63) is 46.3 Å². The molecule has 1 aromatic heterocycles. The van der Waals surface area contributed by atoms with Crippen molar-refractivity contribution in [2.45, 2.75) is 0 Å². The number of nitrogens with one attached hydrogen (secondary N) is 2. The molecule has 7 nitrogen and oxygen atoms in total. The lowest BCUT2D eigenvalue weighted by atomic mass is 10.2. The molecule has 0 fully saturated rings. The van der Waals surface area contributed by atoms with Crippen molar-refractivity contribution >= 4 is 23.2 Å². The fraction of sp³-hybridized carbons (Fsp3) is 0. The van der Waals surface area contributed by atoms with Crippen LogP contribution in [0.4, 0.5) is 21.6 Å². The minimum Gasteiger partial charge on any atom is -0.478 e. The molecule has 8 heteroatoms. The number of aromatic amines is 1. The highest BCUT2D eigenvalue weighted by molar-refractivity contribution is 5.88. The van der Waals surface area contributed by atoms with E-state index >= 15 is 0 Å². The Kier molecular flexibility index (Phi) is 3.15. The summed E-state index contributed by atoms with van der Waals surface area (Å²) in [4.78, 5) is 27.9. The highest BCUT2D eigenvalue weighted by Crippen LogP contribution is 2.20. The summed E-state index contributed by atoms with van der Waals surface area (Å²) in [6.07, 6.45) is 1.14. The van der Waals surface area contributed by atoms with E-state index in [1.807, 2.05) is 0 Å². The number of aromatic nitrogens is 2. The molecule has 0 aliphatic rings. The van der Waals surface area contributed by atoms with Crippen molar-refractivity contribution in [3.63, 3.8) is 0 Å². The number of rotatable bonds is 3. The first-order valence-electron chi connectivity index (χ1n) is 5.12. The van der Waals surface area contributed by atoms with Gasteiger partial charge in [0.25, 0.3) is 5.56 Å². The molecule has 19 heavy (non-hydrogen) atoms. The number of benzene rings is 1. The maximum absolute atomic E-state index is 13.4. The second-order valence-electron chi connectivity index (χ2n) is 3.62. The molecule has 0 saturated carbocycles. The fourth-order valence-corrected chi connectivity index (χ4v) is 1.41. The van der Waals surface area contributed by atoms with E-state index in [0.717, 1.165) is 18.5 Å². The number of hydrogen-bond acceptors (Lipinski definition) is 5. The summed E-state index contributed by atoms with van der Waals surface area (Å²) in [7, 11) is 0. The largest absolute Gasteiger partial charge is 0.478 e. The van der Waals surface area contributed by atoms with Gasteiger partial charge in [-0.2, -0.15) is 0 Å². The van der Waals surface area contributed by atoms with Crippen LogP contribution < -0.4 is 16.6 Å². The van der Waals surface area contributed by atoms with Gasteiger partial charge in [-0.25, -0.2) is 14.2 Å². The quantitative estimate of drug-likeness (QED) is 0.654. The van der Waals surface area contributed by atoms with E-state index < -0.39 is 22.9 Å². The van der Waals surface area contributed by atoms with E-state index in [2.05, 4.69) is 15.3 Å². The van der Waals surface area contributed by atoms with Gasteiger partial charge < -0.3 is 21.1 Å². The maximum atomic E-state index is 13.4. The van der Waals surface area contributed by atoms with Crippen molar-refractivity contribution in [2.75, 3.05) is 11.1 Å². The smallest absolute Gasteiger partial charge is 0.338 e. The molecule has 0 atom stereocenters. The SMILES string of the molecule is Nc1c(Nc2ccc(C(=O)O)c(F)c2)nc[nH]c1=O. The molecule has 0 spiro atoms. The first-order chi connectivity index (χ1) is 8.99. The summed E-state index contributed by atoms with van der Waals surface area (Å²) >= 11 is 0. The number of carboxylic acids is 1. The number of anilines is 3. The number of carboxylic acid groups (broad SMARTS) is 1. The summed E-state index contributed by atoms with van der Waals surface area (Å²) in [5.74, 6) is -2.20. The van der Waals surface area contributed by atoms with Crippen LogP contribution in [0.15, 0.2) is 29.3 Å². The van der Waals surface area contributed by atoms with Gasteiger partial charge in [-0.05, 0) is 18.2 Å². The van der Waals surface area contributed by atoms with E-state index in [1.165, 1.54) is 6.07 Å². The third kappa shape index (κ3) is 2.51. The zero-order chi connectivity index (χ0) is 14.0. The Morgan fingerprint density at radius 3 is 2.84 bits per heavy atom. The zero-order valence-electron chi connectivity index (χ0n) is 9.48. The van der Waals surface area contributed by atoms with Crippen LogP contribution in [0.1, 0.15) is 10.4 Å². The number of hydrogen-bond donors (Lipinski definition) is 4. The first-order valence-corrected chi connectivity index (χ1v) is 5.12. The van der Waals surface area contributed by atoms with Crippen molar-refractivity contribution in [3.8, 4) is 0 Å². The second kappa shape index (κ2) is 4.77. The predicted molar refractivity (Wildman–Crippen MR) is 65.9 cm³/mol. The van der Waals surface area contributed by atoms with Crippen LogP contribution in [0.25, 0.3) is 0 Å². The van der Waals surface area contributed by atoms with Crippen LogP contribution in [0.2, 0.25) is 0 Å². The Morgan fingerprint density at radius 1 is 1.47 bits per heavy atom. The summed E-state index contributed by atoms with van der Waals surface area (Å²) in [5, 5.41) is 11.3. The maximum Gasteiger partial charge on any atom is 0.338 e. The Labute approximate surface area is 105 Å². The summed E-state index contributed by atoms with van der Waals surface area (Å²) in [6.45, 7) is 0. The molecule has 0 unspecified atom stereocenters. The number of nitrogens with zero attached hydrogens (tertiary/aromatic N) is 1. The molecule has 2 rings (SSSR count). The summed E-state index contributed by atoms with van der Waals surface area (Å²) < 4.78 is 13.4. The average Bonchev–Trinajstić information content (AvgIpc) is 2.34. The zero-order valence-corrected chi connectivity index (χ0v) is 9.48. The minimum atomic E-state index is -1.36. The lowest BCUT2D eigenvalue weighted by molar-refractivity contribution is 0.0692. The Balaban J connectivity index is 2.34. The predicted octanol–water partition coefficient (Wildman–Crippen LogP) is 0.933. The summed E-state index contributed by atoms with van der Waals surface area (Å²) in [5.41, 5.74) is 4.60. The number of nitrogens with two attached hydrogens (primary N) is 1. The van der Waals surface area contributed by atoms with Crippen LogP contribution in [0.5, 0.6) is 0 Å². The highest BCUT2D eigenvalue weighted by atomic mass is 19.1. The van der Waals surface area contributed by atoms with Crippen molar-refractivity contribution in [2.24, 2.45) is 0 Å². The number of nitrogen functional groups attached to an aromatic ring is 1. The van der Waals surface area contributed by atoms with Crippen molar-refractivity contribution in [1.82, 2.24) is 9.97 Å². The van der Waals surface area contributed by atoms with E-state index in [1.54, 1.807) is 0 Å². The number of aromatic carboxylic acids is 1. The van der Waals surface area contributed by atoms with Gasteiger partial charge in [0.1, 0.15) is 11.5 Å². The van der Waals surface area contributed by atoms with Gasteiger partial charge in [-0.15, -0.1) is 0 Å². The molecule has 0 radical (unpaired) electrons. The lowest BCUT2D eigenvalue weighted by Gasteiger charge is -2.07. The van der Waals surface area contributed by atoms with Crippen molar-refractivity contribution in [1.29, 1.82) is 0 Å². The molecule has 0 amide bonds.